The summed E-state index contributed by atoms with van der Waals surface area (Å²) in [7, 11) is 0. The van der Waals surface area contributed by atoms with E-state index in [2.05, 4.69) is 15.6 Å². The van der Waals surface area contributed by atoms with E-state index in [1.807, 2.05) is 12.1 Å². The molecular formula is C17H16N4O4. The van der Waals surface area contributed by atoms with Gasteiger partial charge in [-0.1, -0.05) is 0 Å². The predicted molar refractivity (Wildman–Crippen MR) is 93.6 cm³/mol. The van der Waals surface area contributed by atoms with Crippen molar-refractivity contribution in [1.82, 2.24) is 4.98 Å². The first-order valence-corrected chi connectivity index (χ1v) is 7.61. The van der Waals surface area contributed by atoms with Gasteiger partial charge in [-0.25, -0.2) is 4.98 Å². The van der Waals surface area contributed by atoms with Crippen LogP contribution in [0.15, 0.2) is 46.9 Å². The maximum Gasteiger partial charge on any atom is 0.269 e. The van der Waals surface area contributed by atoms with E-state index in [4.69, 9.17) is 4.42 Å². The molecule has 0 saturated carbocycles. The molecule has 0 bridgehead atoms. The lowest BCUT2D eigenvalue weighted by atomic mass is 10.2. The lowest BCUT2D eigenvalue weighted by Gasteiger charge is -2.15. The minimum absolute atomic E-state index is 0.0274. The van der Waals surface area contributed by atoms with E-state index in [0.717, 1.165) is 5.69 Å². The first-order chi connectivity index (χ1) is 11.9. The molecule has 0 spiro atoms. The highest BCUT2D eigenvalue weighted by molar-refractivity contribution is 5.96. The molecule has 3 aromatic rings. The van der Waals surface area contributed by atoms with Crippen LogP contribution in [-0.2, 0) is 4.79 Å². The van der Waals surface area contributed by atoms with E-state index in [0.29, 0.717) is 22.7 Å². The summed E-state index contributed by atoms with van der Waals surface area (Å²) in [6.45, 7) is 3.49. The lowest BCUT2D eigenvalue weighted by Crippen LogP contribution is -2.31. The van der Waals surface area contributed by atoms with E-state index in [9.17, 15) is 14.9 Å². The van der Waals surface area contributed by atoms with Crippen molar-refractivity contribution in [2.24, 2.45) is 0 Å². The summed E-state index contributed by atoms with van der Waals surface area (Å²) in [5.41, 5.74) is 2.61. The van der Waals surface area contributed by atoms with Gasteiger partial charge in [0.05, 0.1) is 4.92 Å². The number of oxazole rings is 1. The van der Waals surface area contributed by atoms with Crippen LogP contribution in [0.5, 0.6) is 0 Å². The van der Waals surface area contributed by atoms with Crippen LogP contribution in [-0.4, -0.2) is 21.9 Å². The second-order valence-electron chi connectivity index (χ2n) is 5.57. The molecule has 1 heterocycles. The largest absolute Gasteiger partial charge is 0.441 e. The van der Waals surface area contributed by atoms with Gasteiger partial charge in [0, 0.05) is 30.4 Å². The quantitative estimate of drug-likeness (QED) is 0.543. The minimum atomic E-state index is -0.513. The van der Waals surface area contributed by atoms with Gasteiger partial charge < -0.3 is 15.1 Å². The van der Waals surface area contributed by atoms with E-state index in [-0.39, 0.29) is 11.6 Å². The van der Waals surface area contributed by atoms with Gasteiger partial charge in [0.1, 0.15) is 11.6 Å². The number of carbonyl (C=O) groups excluding carboxylic acids is 1. The molecule has 8 heteroatoms. The molecular weight excluding hydrogens is 324 g/mol. The van der Waals surface area contributed by atoms with Gasteiger partial charge in [-0.3, -0.25) is 14.9 Å². The topological polar surface area (TPSA) is 110 Å². The number of nitrogens with one attached hydrogen (secondary N) is 2. The van der Waals surface area contributed by atoms with Gasteiger partial charge in [0.25, 0.3) is 5.69 Å². The summed E-state index contributed by atoms with van der Waals surface area (Å²) < 4.78 is 5.41. The van der Waals surface area contributed by atoms with Crippen LogP contribution in [0.25, 0.3) is 11.1 Å². The van der Waals surface area contributed by atoms with Crippen molar-refractivity contribution in [3.8, 4) is 0 Å². The van der Waals surface area contributed by atoms with Crippen molar-refractivity contribution < 1.29 is 14.1 Å². The highest BCUT2D eigenvalue weighted by atomic mass is 16.6. The highest BCUT2D eigenvalue weighted by Crippen LogP contribution is 2.21. The zero-order valence-corrected chi connectivity index (χ0v) is 13.6. The number of fused-ring (bicyclic) bond motifs is 1. The van der Waals surface area contributed by atoms with Crippen molar-refractivity contribution >= 4 is 34.1 Å². The average Bonchev–Trinajstić information content (AvgIpc) is 2.94. The first-order valence-electron chi connectivity index (χ1n) is 7.61. The molecule has 0 fully saturated rings. The normalized spacial score (nSPS) is 11.9. The third kappa shape index (κ3) is 3.74. The Morgan fingerprint density at radius 2 is 1.88 bits per heavy atom. The van der Waals surface area contributed by atoms with Crippen LogP contribution in [0.3, 0.4) is 0 Å². The molecule has 0 saturated heterocycles. The van der Waals surface area contributed by atoms with Gasteiger partial charge >= 0.3 is 0 Å². The SMILES string of the molecule is Cc1nc2cc(N[C@H](C)C(=O)Nc3ccc([N+](=O)[O-])cc3)ccc2o1. The third-order valence-corrected chi connectivity index (χ3v) is 3.62. The molecule has 1 aromatic heterocycles. The molecule has 0 aliphatic heterocycles. The van der Waals surface area contributed by atoms with Gasteiger partial charge in [-0.15, -0.1) is 0 Å². The van der Waals surface area contributed by atoms with Crippen molar-refractivity contribution in [3.05, 3.63) is 58.5 Å². The van der Waals surface area contributed by atoms with Gasteiger partial charge in [-0.2, -0.15) is 0 Å². The van der Waals surface area contributed by atoms with Crippen molar-refractivity contribution in [2.75, 3.05) is 10.6 Å². The Hall–Kier alpha value is -3.42. The maximum atomic E-state index is 12.3. The molecule has 0 radical (unpaired) electrons. The fourth-order valence-electron chi connectivity index (χ4n) is 2.36. The monoisotopic (exact) mass is 340 g/mol. The van der Waals surface area contributed by atoms with Crippen LogP contribution in [0.2, 0.25) is 0 Å². The fourth-order valence-corrected chi connectivity index (χ4v) is 2.36. The smallest absolute Gasteiger partial charge is 0.269 e. The van der Waals surface area contributed by atoms with Gasteiger partial charge in [0.15, 0.2) is 11.5 Å². The van der Waals surface area contributed by atoms with Crippen molar-refractivity contribution in [3.63, 3.8) is 0 Å². The number of nitro groups is 1. The molecule has 3 rings (SSSR count). The number of non-ortho nitro benzene ring substituents is 1. The first kappa shape index (κ1) is 16.4. The highest BCUT2D eigenvalue weighted by Gasteiger charge is 2.14. The molecule has 25 heavy (non-hydrogen) atoms. The summed E-state index contributed by atoms with van der Waals surface area (Å²) in [6.07, 6.45) is 0. The fraction of sp³-hybridized carbons (Fsp3) is 0.176. The molecule has 2 aromatic carbocycles. The zero-order valence-electron chi connectivity index (χ0n) is 13.6. The Labute approximate surface area is 143 Å². The summed E-state index contributed by atoms with van der Waals surface area (Å²) in [5, 5.41) is 16.4. The number of aromatic nitrogens is 1. The molecule has 1 amide bonds. The molecule has 0 aliphatic rings. The Kier molecular flexibility index (Phi) is 4.34. The summed E-state index contributed by atoms with van der Waals surface area (Å²) in [5.74, 6) is 0.321. The number of carbonyl (C=O) groups is 1. The Morgan fingerprint density at radius 1 is 1.20 bits per heavy atom. The zero-order chi connectivity index (χ0) is 18.0. The van der Waals surface area contributed by atoms with Crippen molar-refractivity contribution in [1.29, 1.82) is 0 Å². The standard InChI is InChI=1S/C17H16N4O4/c1-10(17(22)20-12-3-6-14(7-4-12)21(23)24)18-13-5-8-16-15(9-13)19-11(2)25-16/h3-10,18H,1-2H3,(H,20,22)/t10-/m1/s1. The third-order valence-electron chi connectivity index (χ3n) is 3.62. The Morgan fingerprint density at radius 3 is 2.56 bits per heavy atom. The molecule has 2 N–H and O–H groups in total. The Balaban J connectivity index is 1.65. The number of amides is 1. The van der Waals surface area contributed by atoms with E-state index >= 15 is 0 Å². The molecule has 1 atom stereocenters. The van der Waals surface area contributed by atoms with Crippen LogP contribution < -0.4 is 10.6 Å². The van der Waals surface area contributed by atoms with Crippen molar-refractivity contribution in [2.45, 2.75) is 19.9 Å². The van der Waals surface area contributed by atoms with E-state index in [1.54, 1.807) is 19.9 Å². The van der Waals surface area contributed by atoms with E-state index in [1.165, 1.54) is 24.3 Å². The molecule has 0 unspecified atom stereocenters. The van der Waals surface area contributed by atoms with E-state index < -0.39 is 11.0 Å². The number of anilines is 2. The number of rotatable bonds is 5. The van der Waals surface area contributed by atoms with Crippen LogP contribution in [0.1, 0.15) is 12.8 Å². The van der Waals surface area contributed by atoms with Crippen LogP contribution >= 0.6 is 0 Å². The summed E-state index contributed by atoms with van der Waals surface area (Å²) in [6, 6.07) is 10.6. The molecule has 8 nitrogen and oxygen atoms in total. The average molecular weight is 340 g/mol. The second-order valence-corrected chi connectivity index (χ2v) is 5.57. The molecule has 0 aliphatic carbocycles. The lowest BCUT2D eigenvalue weighted by molar-refractivity contribution is -0.384. The van der Waals surface area contributed by atoms with Gasteiger partial charge in [-0.05, 0) is 37.3 Å². The number of hydrogen-bond acceptors (Lipinski definition) is 6. The predicted octanol–water partition coefficient (Wildman–Crippen LogP) is 3.48. The van der Waals surface area contributed by atoms with Crippen LogP contribution in [0.4, 0.5) is 17.1 Å². The number of hydrogen-bond donors (Lipinski definition) is 2. The maximum absolute atomic E-state index is 12.3. The summed E-state index contributed by atoms with van der Waals surface area (Å²) in [4.78, 5) is 26.7. The summed E-state index contributed by atoms with van der Waals surface area (Å²) >= 11 is 0. The number of benzene rings is 2. The minimum Gasteiger partial charge on any atom is -0.441 e. The van der Waals surface area contributed by atoms with Gasteiger partial charge in [0.2, 0.25) is 5.91 Å². The number of nitro benzene ring substituents is 1. The number of nitrogens with zero attached hydrogens (tertiary/aromatic N) is 2. The van der Waals surface area contributed by atoms with Crippen LogP contribution in [0, 0.1) is 17.0 Å². The second kappa shape index (κ2) is 6.60. The Bertz CT molecular complexity index is 933. The molecule has 128 valence electrons. The number of aryl methyl sites for hydroxylation is 1.